The van der Waals surface area contributed by atoms with E-state index in [1.165, 1.54) is 19.3 Å². The van der Waals surface area contributed by atoms with Crippen molar-refractivity contribution in [2.75, 3.05) is 30.4 Å². The molecule has 2 heterocycles. The molecule has 3 aromatic rings. The summed E-state index contributed by atoms with van der Waals surface area (Å²) in [6.07, 6.45) is 7.32. The van der Waals surface area contributed by atoms with Gasteiger partial charge < -0.3 is 15.0 Å². The minimum Gasteiger partial charge on any atom is -0.497 e. The van der Waals surface area contributed by atoms with E-state index in [-0.39, 0.29) is 5.91 Å². The smallest absolute Gasteiger partial charge is 0.255 e. The van der Waals surface area contributed by atoms with E-state index in [9.17, 15) is 4.79 Å². The summed E-state index contributed by atoms with van der Waals surface area (Å²) < 4.78 is 5.20. The lowest BCUT2D eigenvalue weighted by Gasteiger charge is -2.26. The number of methoxy groups -OCH3 is 1. The van der Waals surface area contributed by atoms with Gasteiger partial charge in [0.2, 0.25) is 5.95 Å². The van der Waals surface area contributed by atoms with Gasteiger partial charge in [-0.15, -0.1) is 0 Å². The largest absolute Gasteiger partial charge is 0.497 e. The minimum atomic E-state index is -0.175. The number of rotatable bonds is 5. The second kappa shape index (κ2) is 8.73. The van der Waals surface area contributed by atoms with Crippen LogP contribution in [0.5, 0.6) is 5.75 Å². The number of ether oxygens (including phenoxy) is 1. The van der Waals surface area contributed by atoms with Crippen LogP contribution in [-0.4, -0.2) is 36.1 Å². The lowest BCUT2D eigenvalue weighted by molar-refractivity contribution is 0.102. The number of carbonyl (C=O) groups is 1. The third-order valence-electron chi connectivity index (χ3n) is 5.06. The fourth-order valence-electron chi connectivity index (χ4n) is 3.47. The highest BCUT2D eigenvalue weighted by Gasteiger charge is 2.14. The predicted octanol–water partition coefficient (Wildman–Crippen LogP) is 4.39. The lowest BCUT2D eigenvalue weighted by Crippen LogP contribution is -2.30. The average molecular weight is 388 g/mol. The molecule has 1 aromatic heterocycles. The van der Waals surface area contributed by atoms with Crippen LogP contribution < -0.4 is 15.0 Å². The zero-order valence-corrected chi connectivity index (χ0v) is 16.5. The van der Waals surface area contributed by atoms with Crippen LogP contribution >= 0.6 is 0 Å². The lowest BCUT2D eigenvalue weighted by atomic mass is 10.1. The monoisotopic (exact) mass is 388 g/mol. The molecule has 1 aliphatic heterocycles. The summed E-state index contributed by atoms with van der Waals surface area (Å²) in [5.74, 6) is 1.30. The van der Waals surface area contributed by atoms with Crippen LogP contribution in [0.2, 0.25) is 0 Å². The van der Waals surface area contributed by atoms with E-state index in [2.05, 4.69) is 20.2 Å². The van der Waals surface area contributed by atoms with Crippen molar-refractivity contribution in [1.82, 2.24) is 9.97 Å². The summed E-state index contributed by atoms with van der Waals surface area (Å²) in [5.41, 5.74) is 3.06. The molecule has 0 atom stereocenters. The molecule has 1 N–H and O–H groups in total. The van der Waals surface area contributed by atoms with E-state index >= 15 is 0 Å². The van der Waals surface area contributed by atoms with Gasteiger partial charge in [0.25, 0.3) is 5.91 Å². The van der Waals surface area contributed by atoms with Gasteiger partial charge in [-0.25, -0.2) is 9.97 Å². The first-order valence-electron chi connectivity index (χ1n) is 9.86. The summed E-state index contributed by atoms with van der Waals surface area (Å²) in [4.78, 5) is 24.0. The minimum absolute atomic E-state index is 0.175. The molecule has 148 valence electrons. The number of hydrogen-bond acceptors (Lipinski definition) is 5. The van der Waals surface area contributed by atoms with Gasteiger partial charge in [-0.2, -0.15) is 0 Å². The zero-order valence-electron chi connectivity index (χ0n) is 16.5. The third-order valence-corrected chi connectivity index (χ3v) is 5.06. The van der Waals surface area contributed by atoms with Crippen molar-refractivity contribution in [2.24, 2.45) is 0 Å². The number of anilines is 2. The molecule has 0 aliphatic carbocycles. The van der Waals surface area contributed by atoms with E-state index in [0.717, 1.165) is 30.2 Å². The van der Waals surface area contributed by atoms with Crippen molar-refractivity contribution in [3.63, 3.8) is 0 Å². The summed E-state index contributed by atoms with van der Waals surface area (Å²) in [7, 11) is 1.60. The summed E-state index contributed by atoms with van der Waals surface area (Å²) in [6, 6.07) is 14.8. The quantitative estimate of drug-likeness (QED) is 0.702. The van der Waals surface area contributed by atoms with Crippen molar-refractivity contribution in [3.05, 3.63) is 66.5 Å². The first-order valence-corrected chi connectivity index (χ1v) is 9.86. The van der Waals surface area contributed by atoms with Gasteiger partial charge >= 0.3 is 0 Å². The maximum atomic E-state index is 12.7. The Hall–Kier alpha value is -3.41. The molecule has 1 amide bonds. The highest BCUT2D eigenvalue weighted by Crippen LogP contribution is 2.23. The molecule has 1 fully saturated rings. The SMILES string of the molecule is COc1cccc(NC(=O)c2cccc(-c3cnc(N4CCCCC4)nc3)c2)c1. The molecular weight excluding hydrogens is 364 g/mol. The number of nitrogens with one attached hydrogen (secondary N) is 1. The van der Waals surface area contributed by atoms with Gasteiger partial charge in [0.15, 0.2) is 0 Å². The van der Waals surface area contributed by atoms with Crippen molar-refractivity contribution >= 4 is 17.5 Å². The van der Waals surface area contributed by atoms with E-state index in [0.29, 0.717) is 17.0 Å². The Morgan fingerprint density at radius 3 is 2.48 bits per heavy atom. The Labute approximate surface area is 170 Å². The van der Waals surface area contributed by atoms with Gasteiger partial charge in [0.05, 0.1) is 7.11 Å². The second-order valence-electron chi connectivity index (χ2n) is 7.09. The Bertz CT molecular complexity index is 982. The second-order valence-corrected chi connectivity index (χ2v) is 7.09. The number of carbonyl (C=O) groups excluding carboxylic acids is 1. The Balaban J connectivity index is 1.49. The molecule has 4 rings (SSSR count). The van der Waals surface area contributed by atoms with Crippen LogP contribution in [0, 0.1) is 0 Å². The van der Waals surface area contributed by atoms with Crippen LogP contribution in [0.3, 0.4) is 0 Å². The molecular formula is C23H24N4O2. The van der Waals surface area contributed by atoms with Crippen molar-refractivity contribution < 1.29 is 9.53 Å². The molecule has 0 unspecified atom stereocenters. The number of nitrogens with zero attached hydrogens (tertiary/aromatic N) is 3. The van der Waals surface area contributed by atoms with Crippen LogP contribution in [0.15, 0.2) is 60.9 Å². The van der Waals surface area contributed by atoms with E-state index < -0.39 is 0 Å². The highest BCUT2D eigenvalue weighted by molar-refractivity contribution is 6.05. The molecule has 0 radical (unpaired) electrons. The molecule has 1 aliphatic rings. The standard InChI is InChI=1S/C23H24N4O2/c1-29-21-10-6-9-20(14-21)26-22(28)18-8-5-7-17(13-18)19-15-24-23(25-16-19)27-11-3-2-4-12-27/h5-10,13-16H,2-4,11-12H2,1H3,(H,26,28). The predicted molar refractivity (Wildman–Crippen MR) is 114 cm³/mol. The highest BCUT2D eigenvalue weighted by atomic mass is 16.5. The van der Waals surface area contributed by atoms with Crippen molar-refractivity contribution in [3.8, 4) is 16.9 Å². The molecule has 0 spiro atoms. The summed E-state index contributed by atoms with van der Waals surface area (Å²) >= 11 is 0. The molecule has 6 nitrogen and oxygen atoms in total. The fraction of sp³-hybridized carbons (Fsp3) is 0.261. The van der Waals surface area contributed by atoms with E-state index in [1.54, 1.807) is 19.2 Å². The topological polar surface area (TPSA) is 67.3 Å². The van der Waals surface area contributed by atoms with Gasteiger partial charge in [0.1, 0.15) is 5.75 Å². The molecule has 0 saturated carbocycles. The zero-order chi connectivity index (χ0) is 20.1. The van der Waals surface area contributed by atoms with Gasteiger partial charge in [-0.3, -0.25) is 4.79 Å². The number of aromatic nitrogens is 2. The van der Waals surface area contributed by atoms with Gasteiger partial charge in [-0.05, 0) is 49.1 Å². The molecule has 2 aromatic carbocycles. The van der Waals surface area contributed by atoms with E-state index in [1.807, 2.05) is 48.8 Å². The maximum Gasteiger partial charge on any atom is 0.255 e. The first kappa shape index (κ1) is 18.9. The fourth-order valence-corrected chi connectivity index (χ4v) is 3.47. The first-order chi connectivity index (χ1) is 14.2. The van der Waals surface area contributed by atoms with Gasteiger partial charge in [0, 0.05) is 48.4 Å². The van der Waals surface area contributed by atoms with Crippen molar-refractivity contribution in [1.29, 1.82) is 0 Å². The summed E-state index contributed by atoms with van der Waals surface area (Å²) in [6.45, 7) is 2.03. The van der Waals surface area contributed by atoms with Crippen LogP contribution in [-0.2, 0) is 0 Å². The van der Waals surface area contributed by atoms with Gasteiger partial charge in [-0.1, -0.05) is 18.2 Å². The van der Waals surface area contributed by atoms with Crippen molar-refractivity contribution in [2.45, 2.75) is 19.3 Å². The number of benzene rings is 2. The van der Waals surface area contributed by atoms with Crippen LogP contribution in [0.1, 0.15) is 29.6 Å². The van der Waals surface area contributed by atoms with Crippen LogP contribution in [0.25, 0.3) is 11.1 Å². The van der Waals surface area contributed by atoms with E-state index in [4.69, 9.17) is 4.74 Å². The Kier molecular flexibility index (Phi) is 5.70. The molecule has 29 heavy (non-hydrogen) atoms. The Morgan fingerprint density at radius 2 is 1.72 bits per heavy atom. The maximum absolute atomic E-state index is 12.7. The number of hydrogen-bond donors (Lipinski definition) is 1. The Morgan fingerprint density at radius 1 is 0.966 bits per heavy atom. The third kappa shape index (κ3) is 4.54. The number of amides is 1. The summed E-state index contributed by atoms with van der Waals surface area (Å²) in [5, 5.41) is 2.91. The molecule has 0 bridgehead atoms. The number of piperidine rings is 1. The molecule has 1 saturated heterocycles. The van der Waals surface area contributed by atoms with Crippen LogP contribution in [0.4, 0.5) is 11.6 Å². The average Bonchev–Trinajstić information content (AvgIpc) is 2.80. The molecule has 6 heteroatoms. The normalized spacial score (nSPS) is 13.8.